The molecule has 1 aliphatic carbocycles. The topological polar surface area (TPSA) is 0 Å². The van der Waals surface area contributed by atoms with Crippen LogP contribution in [0.25, 0.3) is 0 Å². The summed E-state index contributed by atoms with van der Waals surface area (Å²) in [4.78, 5) is 0. The second kappa shape index (κ2) is 2.42. The van der Waals surface area contributed by atoms with Crippen molar-refractivity contribution in [2.75, 3.05) is 0 Å². The normalized spacial score (nSPS) is 47.7. The van der Waals surface area contributed by atoms with Crippen LogP contribution >= 0.6 is 11.8 Å². The van der Waals surface area contributed by atoms with Gasteiger partial charge in [-0.25, -0.2) is 0 Å². The standard InChI is InChI=1S/C10H18S/c1-7-4-5-8-6-9(7)11-10(8,2)3/h7-9H,4-6H2,1-3H3/t7-,8+,9+/m1/s1. The van der Waals surface area contributed by atoms with Gasteiger partial charge in [0, 0.05) is 10.00 Å². The molecule has 0 spiro atoms. The van der Waals surface area contributed by atoms with Gasteiger partial charge in [0.25, 0.3) is 0 Å². The number of hydrogen-bond acceptors (Lipinski definition) is 1. The monoisotopic (exact) mass is 170 g/mol. The molecule has 1 heterocycles. The van der Waals surface area contributed by atoms with Gasteiger partial charge in [0.05, 0.1) is 0 Å². The van der Waals surface area contributed by atoms with Crippen LogP contribution in [0.5, 0.6) is 0 Å². The highest BCUT2D eigenvalue weighted by Crippen LogP contribution is 2.55. The summed E-state index contributed by atoms with van der Waals surface area (Å²) in [6.45, 7) is 7.29. The second-order valence-corrected chi connectivity index (χ2v) is 6.64. The van der Waals surface area contributed by atoms with Crippen molar-refractivity contribution in [2.24, 2.45) is 11.8 Å². The van der Waals surface area contributed by atoms with Crippen LogP contribution in [-0.2, 0) is 0 Å². The fraction of sp³-hybridized carbons (Fsp3) is 1.00. The Balaban J connectivity index is 2.16. The van der Waals surface area contributed by atoms with E-state index in [9.17, 15) is 0 Å². The molecule has 0 amide bonds. The first-order chi connectivity index (χ1) is 5.09. The molecule has 2 fully saturated rings. The van der Waals surface area contributed by atoms with Crippen LogP contribution in [0.4, 0.5) is 0 Å². The van der Waals surface area contributed by atoms with Crippen LogP contribution in [0.15, 0.2) is 0 Å². The van der Waals surface area contributed by atoms with E-state index < -0.39 is 0 Å². The van der Waals surface area contributed by atoms with Gasteiger partial charge in [0.15, 0.2) is 0 Å². The van der Waals surface area contributed by atoms with Crippen molar-refractivity contribution >= 4 is 11.8 Å². The first-order valence-electron chi connectivity index (χ1n) is 4.77. The van der Waals surface area contributed by atoms with E-state index in [-0.39, 0.29) is 0 Å². The molecule has 3 atom stereocenters. The fourth-order valence-corrected chi connectivity index (χ4v) is 4.45. The lowest BCUT2D eigenvalue weighted by atomic mass is 9.78. The van der Waals surface area contributed by atoms with Crippen molar-refractivity contribution in [3.63, 3.8) is 0 Å². The first-order valence-corrected chi connectivity index (χ1v) is 5.65. The van der Waals surface area contributed by atoms with Crippen molar-refractivity contribution in [2.45, 2.75) is 50.0 Å². The van der Waals surface area contributed by atoms with Crippen LogP contribution in [0.3, 0.4) is 0 Å². The zero-order chi connectivity index (χ0) is 8.06. The lowest BCUT2D eigenvalue weighted by molar-refractivity contribution is 0.290. The molecular weight excluding hydrogens is 152 g/mol. The van der Waals surface area contributed by atoms with Gasteiger partial charge >= 0.3 is 0 Å². The van der Waals surface area contributed by atoms with E-state index in [4.69, 9.17) is 0 Å². The molecule has 1 heteroatoms. The van der Waals surface area contributed by atoms with Crippen LogP contribution in [-0.4, -0.2) is 10.00 Å². The molecule has 1 saturated carbocycles. The minimum Gasteiger partial charge on any atom is -0.152 e. The molecule has 1 saturated heterocycles. The first kappa shape index (κ1) is 7.97. The number of thioether (sulfide) groups is 1. The molecule has 0 aromatic rings. The second-order valence-electron chi connectivity index (χ2n) is 4.75. The highest BCUT2D eigenvalue weighted by molar-refractivity contribution is 8.01. The van der Waals surface area contributed by atoms with E-state index in [0.717, 1.165) is 17.1 Å². The van der Waals surface area contributed by atoms with E-state index in [0.29, 0.717) is 4.75 Å². The third-order valence-corrected chi connectivity index (χ3v) is 5.46. The summed E-state index contributed by atoms with van der Waals surface area (Å²) in [6.07, 6.45) is 4.46. The van der Waals surface area contributed by atoms with Crippen LogP contribution in [0.2, 0.25) is 0 Å². The van der Waals surface area contributed by atoms with Crippen LogP contribution < -0.4 is 0 Å². The van der Waals surface area contributed by atoms with Crippen LogP contribution in [0, 0.1) is 11.8 Å². The van der Waals surface area contributed by atoms with Gasteiger partial charge in [-0.05, 0) is 31.1 Å². The smallest absolute Gasteiger partial charge is 0.0135 e. The van der Waals surface area contributed by atoms with Gasteiger partial charge in [0.1, 0.15) is 0 Å². The maximum Gasteiger partial charge on any atom is 0.0135 e. The number of rotatable bonds is 0. The zero-order valence-corrected chi connectivity index (χ0v) is 8.58. The molecule has 0 aromatic heterocycles. The van der Waals surface area contributed by atoms with E-state index in [1.807, 2.05) is 0 Å². The Morgan fingerprint density at radius 2 is 2.00 bits per heavy atom. The lowest BCUT2D eigenvalue weighted by Crippen LogP contribution is -2.23. The summed E-state index contributed by atoms with van der Waals surface area (Å²) in [5.74, 6) is 2.01. The van der Waals surface area contributed by atoms with E-state index in [1.165, 1.54) is 19.3 Å². The maximum absolute atomic E-state index is 2.43. The van der Waals surface area contributed by atoms with Crippen molar-refractivity contribution in [3.05, 3.63) is 0 Å². The van der Waals surface area contributed by atoms with Crippen molar-refractivity contribution in [1.29, 1.82) is 0 Å². The minimum absolute atomic E-state index is 0.593. The van der Waals surface area contributed by atoms with Gasteiger partial charge in [-0.2, -0.15) is 11.8 Å². The average molecular weight is 170 g/mol. The summed E-state index contributed by atoms with van der Waals surface area (Å²) < 4.78 is 0.593. The Bertz CT molecular complexity index is 162. The van der Waals surface area contributed by atoms with Gasteiger partial charge in [0.2, 0.25) is 0 Å². The van der Waals surface area contributed by atoms with Crippen LogP contribution in [0.1, 0.15) is 40.0 Å². The minimum atomic E-state index is 0.593. The van der Waals surface area contributed by atoms with E-state index in [1.54, 1.807) is 0 Å². The quantitative estimate of drug-likeness (QED) is 0.537. The average Bonchev–Trinajstić information content (AvgIpc) is 2.16. The summed E-state index contributed by atoms with van der Waals surface area (Å²) in [6, 6.07) is 0. The largest absolute Gasteiger partial charge is 0.152 e. The molecule has 64 valence electrons. The number of hydrogen-bond donors (Lipinski definition) is 0. The predicted octanol–water partition coefficient (Wildman–Crippen LogP) is 3.32. The third kappa shape index (κ3) is 1.22. The summed E-state index contributed by atoms with van der Waals surface area (Å²) in [5, 5.41) is 0.990. The molecule has 0 nitrogen and oxygen atoms in total. The molecule has 0 aromatic carbocycles. The highest BCUT2D eigenvalue weighted by atomic mass is 32.2. The molecule has 0 radical (unpaired) electrons. The third-order valence-electron chi connectivity index (χ3n) is 3.56. The Labute approximate surface area is 74.1 Å². The van der Waals surface area contributed by atoms with Gasteiger partial charge in [-0.3, -0.25) is 0 Å². The molecule has 11 heavy (non-hydrogen) atoms. The summed E-state index contributed by atoms with van der Waals surface area (Å²) >= 11 is 2.25. The molecule has 0 unspecified atom stereocenters. The molecule has 2 aliphatic rings. The molecule has 0 N–H and O–H groups in total. The van der Waals surface area contributed by atoms with Crippen molar-refractivity contribution in [1.82, 2.24) is 0 Å². The molecule has 1 aliphatic heterocycles. The fourth-order valence-electron chi connectivity index (χ4n) is 2.56. The molecule has 2 bridgehead atoms. The SMILES string of the molecule is C[C@@H]1CC[C@H]2C[C@@H]1SC2(C)C. The van der Waals surface area contributed by atoms with Gasteiger partial charge < -0.3 is 0 Å². The molecular formula is C10H18S. The van der Waals surface area contributed by atoms with E-state index in [2.05, 4.69) is 32.5 Å². The maximum atomic E-state index is 2.43. The van der Waals surface area contributed by atoms with Gasteiger partial charge in [-0.15, -0.1) is 0 Å². The highest BCUT2D eigenvalue weighted by Gasteiger charge is 2.45. The van der Waals surface area contributed by atoms with Gasteiger partial charge in [-0.1, -0.05) is 20.8 Å². The summed E-state index contributed by atoms with van der Waals surface area (Å²) in [7, 11) is 0. The Hall–Kier alpha value is 0.350. The zero-order valence-electron chi connectivity index (χ0n) is 7.76. The Morgan fingerprint density at radius 1 is 1.27 bits per heavy atom. The Morgan fingerprint density at radius 3 is 2.64 bits per heavy atom. The molecule has 2 rings (SSSR count). The predicted molar refractivity (Wildman–Crippen MR) is 52.0 cm³/mol. The van der Waals surface area contributed by atoms with Crippen molar-refractivity contribution < 1.29 is 0 Å². The Kier molecular flexibility index (Phi) is 1.75. The van der Waals surface area contributed by atoms with Crippen molar-refractivity contribution in [3.8, 4) is 0 Å². The number of fused-ring (bicyclic) bond motifs is 2. The lowest BCUT2D eigenvalue weighted by Gasteiger charge is -2.26. The summed E-state index contributed by atoms with van der Waals surface area (Å²) in [5.41, 5.74) is 0. The van der Waals surface area contributed by atoms with E-state index >= 15 is 0 Å².